The van der Waals surface area contributed by atoms with Crippen LogP contribution in [0.3, 0.4) is 0 Å². The molecule has 82 valence electrons. The van der Waals surface area contributed by atoms with Crippen molar-refractivity contribution in [3.8, 4) is 0 Å². The van der Waals surface area contributed by atoms with Gasteiger partial charge in [0.25, 0.3) is 0 Å². The van der Waals surface area contributed by atoms with Crippen LogP contribution in [0.15, 0.2) is 16.4 Å². The lowest BCUT2D eigenvalue weighted by Gasteiger charge is -2.00. The Morgan fingerprint density at radius 3 is 2.73 bits per heavy atom. The van der Waals surface area contributed by atoms with Crippen molar-refractivity contribution in [3.05, 3.63) is 17.5 Å². The summed E-state index contributed by atoms with van der Waals surface area (Å²) in [6.07, 6.45) is 5.86. The maximum atomic E-state index is 8.76. The van der Waals surface area contributed by atoms with E-state index in [9.17, 15) is 0 Å². The number of oxime groups is 1. The van der Waals surface area contributed by atoms with Gasteiger partial charge in [0.2, 0.25) is 0 Å². The third-order valence-electron chi connectivity index (χ3n) is 2.10. The first-order valence-electron chi connectivity index (χ1n) is 4.58. The molecule has 0 aliphatic rings. The van der Waals surface area contributed by atoms with Crippen LogP contribution in [0.25, 0.3) is 6.08 Å². The molecule has 5 heteroatoms. The van der Waals surface area contributed by atoms with Crippen molar-refractivity contribution in [1.82, 2.24) is 9.55 Å². The Bertz CT molecular complexity index is 407. The maximum Gasteiger partial charge on any atom is 0.168 e. The zero-order chi connectivity index (χ0) is 11.4. The summed E-state index contributed by atoms with van der Waals surface area (Å²) in [6.45, 7) is 3.68. The van der Waals surface area contributed by atoms with Gasteiger partial charge in [-0.25, -0.2) is 4.98 Å². The minimum Gasteiger partial charge on any atom is -0.411 e. The molecule has 15 heavy (non-hydrogen) atoms. The van der Waals surface area contributed by atoms with E-state index in [1.165, 1.54) is 0 Å². The quantitative estimate of drug-likeness (QED) is 0.372. The zero-order valence-electron chi connectivity index (χ0n) is 9.35. The molecule has 0 fully saturated rings. The first kappa shape index (κ1) is 11.8. The second kappa shape index (κ2) is 5.02. The van der Waals surface area contributed by atoms with Gasteiger partial charge >= 0.3 is 0 Å². The monoisotopic (exact) mass is 225 g/mol. The number of allylic oxidation sites excluding steroid dienone is 1. The molecule has 1 rings (SSSR count). The van der Waals surface area contributed by atoms with Crippen LogP contribution in [-0.2, 0) is 7.05 Å². The highest BCUT2D eigenvalue weighted by Gasteiger charge is 2.14. The van der Waals surface area contributed by atoms with Crippen molar-refractivity contribution >= 4 is 23.5 Å². The van der Waals surface area contributed by atoms with Gasteiger partial charge in [0.15, 0.2) is 5.16 Å². The average molecular weight is 225 g/mol. The first-order valence-corrected chi connectivity index (χ1v) is 5.80. The summed E-state index contributed by atoms with van der Waals surface area (Å²) in [5.74, 6) is 0. The van der Waals surface area contributed by atoms with Crippen molar-refractivity contribution in [2.45, 2.75) is 19.0 Å². The minimum absolute atomic E-state index is 0.527. The number of hydrogen-bond donors (Lipinski definition) is 1. The Labute approximate surface area is 93.7 Å². The third-order valence-corrected chi connectivity index (χ3v) is 2.83. The summed E-state index contributed by atoms with van der Waals surface area (Å²) in [5, 5.41) is 12.9. The smallest absolute Gasteiger partial charge is 0.168 e. The maximum absolute atomic E-state index is 8.76. The molecular weight excluding hydrogens is 210 g/mol. The zero-order valence-corrected chi connectivity index (χ0v) is 10.2. The molecular formula is C10H15N3OS. The van der Waals surface area contributed by atoms with Gasteiger partial charge in [-0.1, -0.05) is 23.0 Å². The number of rotatable bonds is 3. The molecule has 4 nitrogen and oxygen atoms in total. The van der Waals surface area contributed by atoms with E-state index in [0.29, 0.717) is 5.71 Å². The fourth-order valence-corrected chi connectivity index (χ4v) is 1.89. The van der Waals surface area contributed by atoms with Crippen LogP contribution in [0.4, 0.5) is 0 Å². The molecule has 0 amide bonds. The molecule has 1 heterocycles. The minimum atomic E-state index is 0.527. The molecule has 0 saturated carbocycles. The van der Waals surface area contributed by atoms with Gasteiger partial charge in [0, 0.05) is 7.05 Å². The fourth-order valence-electron chi connectivity index (χ4n) is 1.33. The van der Waals surface area contributed by atoms with Crippen molar-refractivity contribution in [3.63, 3.8) is 0 Å². The van der Waals surface area contributed by atoms with Gasteiger partial charge in [-0.3, -0.25) is 0 Å². The van der Waals surface area contributed by atoms with E-state index >= 15 is 0 Å². The van der Waals surface area contributed by atoms with E-state index in [1.807, 2.05) is 36.9 Å². The van der Waals surface area contributed by atoms with Crippen molar-refractivity contribution in [2.24, 2.45) is 12.2 Å². The highest BCUT2D eigenvalue weighted by molar-refractivity contribution is 7.98. The van der Waals surface area contributed by atoms with Crippen molar-refractivity contribution in [2.75, 3.05) is 6.26 Å². The van der Waals surface area contributed by atoms with Gasteiger partial charge in [-0.2, -0.15) is 0 Å². The molecule has 1 aromatic rings. The van der Waals surface area contributed by atoms with Gasteiger partial charge in [-0.05, 0) is 26.2 Å². The Hall–Kier alpha value is -1.23. The van der Waals surface area contributed by atoms with Gasteiger partial charge < -0.3 is 9.77 Å². The summed E-state index contributed by atoms with van der Waals surface area (Å²) in [6, 6.07) is 0. The lowest BCUT2D eigenvalue weighted by molar-refractivity contribution is 0.319. The van der Waals surface area contributed by atoms with Gasteiger partial charge in [-0.15, -0.1) is 0 Å². The highest BCUT2D eigenvalue weighted by Crippen LogP contribution is 2.20. The van der Waals surface area contributed by atoms with Gasteiger partial charge in [0.05, 0.1) is 5.69 Å². The molecule has 1 N–H and O–H groups in total. The summed E-state index contributed by atoms with van der Waals surface area (Å²) in [4.78, 5) is 4.40. The number of hydrogen-bond acceptors (Lipinski definition) is 4. The molecule has 0 aliphatic heterocycles. The van der Waals surface area contributed by atoms with Crippen LogP contribution in [-0.4, -0.2) is 26.7 Å². The predicted octanol–water partition coefficient (Wildman–Crippen LogP) is 2.37. The van der Waals surface area contributed by atoms with E-state index in [1.54, 1.807) is 18.7 Å². The second-order valence-electron chi connectivity index (χ2n) is 3.08. The van der Waals surface area contributed by atoms with E-state index in [0.717, 1.165) is 16.5 Å². The SMILES string of the molecule is C/C=C/c1c(/C(C)=N/O)nc(SC)n1C. The van der Waals surface area contributed by atoms with E-state index < -0.39 is 0 Å². The summed E-state index contributed by atoms with van der Waals surface area (Å²) >= 11 is 1.57. The standard InChI is InChI=1S/C10H15N3OS/c1-5-6-8-9(7(2)12-14)11-10(15-4)13(8)3/h5-6,14H,1-4H3/b6-5+,12-7+. The highest BCUT2D eigenvalue weighted by atomic mass is 32.2. The Balaban J connectivity index is 3.37. The topological polar surface area (TPSA) is 50.4 Å². The lowest BCUT2D eigenvalue weighted by Crippen LogP contribution is -1.99. The van der Waals surface area contributed by atoms with Crippen LogP contribution in [0.2, 0.25) is 0 Å². The number of nitrogens with zero attached hydrogens (tertiary/aromatic N) is 3. The largest absolute Gasteiger partial charge is 0.411 e. The van der Waals surface area contributed by atoms with E-state index in [4.69, 9.17) is 5.21 Å². The number of imidazole rings is 1. The molecule has 0 spiro atoms. The Morgan fingerprint density at radius 2 is 2.27 bits per heavy atom. The normalized spacial score (nSPS) is 12.7. The molecule has 0 aliphatic carbocycles. The number of thioether (sulfide) groups is 1. The molecule has 0 unspecified atom stereocenters. The molecule has 0 radical (unpaired) electrons. The summed E-state index contributed by atoms with van der Waals surface area (Å²) in [5.41, 5.74) is 2.21. The van der Waals surface area contributed by atoms with Crippen LogP contribution in [0.5, 0.6) is 0 Å². The van der Waals surface area contributed by atoms with E-state index in [2.05, 4.69) is 10.1 Å². The molecule has 0 aromatic carbocycles. The summed E-state index contributed by atoms with van der Waals surface area (Å²) in [7, 11) is 1.95. The molecule has 1 aromatic heterocycles. The Morgan fingerprint density at radius 1 is 1.60 bits per heavy atom. The van der Waals surface area contributed by atoms with Crippen LogP contribution in [0.1, 0.15) is 25.2 Å². The van der Waals surface area contributed by atoms with Crippen molar-refractivity contribution < 1.29 is 5.21 Å². The fraction of sp³-hybridized carbons (Fsp3) is 0.400. The van der Waals surface area contributed by atoms with Crippen LogP contribution >= 0.6 is 11.8 Å². The van der Waals surface area contributed by atoms with E-state index in [-0.39, 0.29) is 0 Å². The molecule has 0 bridgehead atoms. The third kappa shape index (κ3) is 2.23. The average Bonchev–Trinajstić information content (AvgIpc) is 2.56. The summed E-state index contributed by atoms with van der Waals surface area (Å²) < 4.78 is 1.98. The molecule has 0 saturated heterocycles. The van der Waals surface area contributed by atoms with Crippen LogP contribution in [0, 0.1) is 0 Å². The van der Waals surface area contributed by atoms with Gasteiger partial charge in [0.1, 0.15) is 11.4 Å². The molecule has 0 atom stereocenters. The van der Waals surface area contributed by atoms with Crippen molar-refractivity contribution in [1.29, 1.82) is 0 Å². The lowest BCUT2D eigenvalue weighted by atomic mass is 10.2. The predicted molar refractivity (Wildman–Crippen MR) is 63.7 cm³/mol. The second-order valence-corrected chi connectivity index (χ2v) is 3.85. The number of aromatic nitrogens is 2. The Kier molecular flexibility index (Phi) is 3.96. The van der Waals surface area contributed by atoms with Crippen LogP contribution < -0.4 is 0 Å². The first-order chi connectivity index (χ1) is 7.15.